The van der Waals surface area contributed by atoms with Gasteiger partial charge in [0.05, 0.1) is 26.7 Å². The molecule has 0 saturated carbocycles. The highest BCUT2D eigenvalue weighted by Gasteiger charge is 2.30. The van der Waals surface area contributed by atoms with E-state index in [0.717, 1.165) is 16.7 Å². The third kappa shape index (κ3) is 9.45. The Hall–Kier alpha value is -3.84. The van der Waals surface area contributed by atoms with Crippen LogP contribution in [0.3, 0.4) is 0 Å². The Balaban J connectivity index is 1.88. The van der Waals surface area contributed by atoms with E-state index in [1.165, 1.54) is 0 Å². The second-order valence-corrected chi connectivity index (χ2v) is 9.64. The number of amides is 2. The molecule has 0 heterocycles. The zero-order chi connectivity index (χ0) is 28.0. The lowest BCUT2D eigenvalue weighted by Crippen LogP contribution is -2.51. The van der Waals surface area contributed by atoms with Gasteiger partial charge in [0.1, 0.15) is 6.04 Å². The molecule has 1 N–H and O–H groups in total. The molecular weight excluding hydrogens is 492 g/mol. The van der Waals surface area contributed by atoms with Crippen LogP contribution in [0.25, 0.3) is 0 Å². The molecule has 2 amide bonds. The van der Waals surface area contributed by atoms with Crippen molar-refractivity contribution in [2.75, 3.05) is 27.4 Å². The van der Waals surface area contributed by atoms with Gasteiger partial charge in [-0.25, -0.2) is 0 Å². The van der Waals surface area contributed by atoms with E-state index in [2.05, 4.69) is 5.32 Å². The molecule has 1 atom stereocenters. The van der Waals surface area contributed by atoms with Gasteiger partial charge in [0.25, 0.3) is 0 Å². The highest BCUT2D eigenvalue weighted by molar-refractivity contribution is 5.88. The van der Waals surface area contributed by atoms with Crippen LogP contribution in [-0.2, 0) is 33.7 Å². The molecule has 0 spiro atoms. The van der Waals surface area contributed by atoms with Crippen LogP contribution in [0.5, 0.6) is 11.5 Å². The summed E-state index contributed by atoms with van der Waals surface area (Å²) in [6.07, 6.45) is 1.36. The Bertz CT molecular complexity index is 1170. The third-order valence-electron chi connectivity index (χ3n) is 6.34. The molecule has 0 bridgehead atoms. The standard InChI is InChI=1S/C32H40N2O5/c1-24(2)39-19-11-18-33-32(36)28(20-25-12-7-5-8-13-25)34(23-26-14-9-6-10-15-26)31(35)22-27-16-17-29(37-3)30(21-27)38-4/h5-10,12-17,21,24,28H,11,18-20,22-23H2,1-4H3,(H,33,36). The number of carbonyl (C=O) groups excluding carboxylic acids is 2. The fraction of sp³-hybridized carbons (Fsp3) is 0.375. The number of ether oxygens (including phenoxy) is 3. The lowest BCUT2D eigenvalue weighted by molar-refractivity contribution is -0.140. The predicted molar refractivity (Wildman–Crippen MR) is 153 cm³/mol. The molecule has 3 rings (SSSR count). The topological polar surface area (TPSA) is 77.1 Å². The van der Waals surface area contributed by atoms with Gasteiger partial charge in [-0.2, -0.15) is 0 Å². The van der Waals surface area contributed by atoms with Gasteiger partial charge in [-0.1, -0.05) is 66.7 Å². The number of rotatable bonds is 15. The van der Waals surface area contributed by atoms with Crippen molar-refractivity contribution in [3.63, 3.8) is 0 Å². The number of hydrogen-bond acceptors (Lipinski definition) is 5. The molecule has 0 aliphatic rings. The summed E-state index contributed by atoms with van der Waals surface area (Å²) in [5.74, 6) is 0.822. The molecule has 0 aromatic heterocycles. The average Bonchev–Trinajstić information content (AvgIpc) is 2.95. The van der Waals surface area contributed by atoms with Crippen LogP contribution in [-0.4, -0.2) is 56.2 Å². The fourth-order valence-electron chi connectivity index (χ4n) is 4.32. The van der Waals surface area contributed by atoms with Crippen molar-refractivity contribution in [3.05, 3.63) is 95.6 Å². The van der Waals surface area contributed by atoms with E-state index in [-0.39, 0.29) is 24.3 Å². The lowest BCUT2D eigenvalue weighted by Gasteiger charge is -2.32. The maximum absolute atomic E-state index is 13.9. The maximum atomic E-state index is 13.9. The van der Waals surface area contributed by atoms with Crippen LogP contribution in [0.4, 0.5) is 0 Å². The van der Waals surface area contributed by atoms with Gasteiger partial charge in [-0.05, 0) is 49.1 Å². The van der Waals surface area contributed by atoms with E-state index in [4.69, 9.17) is 14.2 Å². The van der Waals surface area contributed by atoms with E-state index in [1.54, 1.807) is 31.3 Å². The average molecular weight is 533 g/mol. The van der Waals surface area contributed by atoms with Gasteiger partial charge in [0, 0.05) is 26.1 Å². The van der Waals surface area contributed by atoms with Crippen LogP contribution in [0.15, 0.2) is 78.9 Å². The van der Waals surface area contributed by atoms with Crippen molar-refractivity contribution in [3.8, 4) is 11.5 Å². The molecule has 7 nitrogen and oxygen atoms in total. The van der Waals surface area contributed by atoms with E-state index in [1.807, 2.05) is 80.6 Å². The van der Waals surface area contributed by atoms with Crippen LogP contribution >= 0.6 is 0 Å². The van der Waals surface area contributed by atoms with E-state index in [0.29, 0.717) is 44.0 Å². The summed E-state index contributed by atoms with van der Waals surface area (Å²) in [6, 6.07) is 24.3. The largest absolute Gasteiger partial charge is 0.493 e. The molecular formula is C32H40N2O5. The molecule has 208 valence electrons. The van der Waals surface area contributed by atoms with Gasteiger partial charge in [-0.15, -0.1) is 0 Å². The molecule has 0 radical (unpaired) electrons. The van der Waals surface area contributed by atoms with Crippen molar-refractivity contribution in [1.82, 2.24) is 10.2 Å². The van der Waals surface area contributed by atoms with Crippen LogP contribution in [0.2, 0.25) is 0 Å². The summed E-state index contributed by atoms with van der Waals surface area (Å²) in [4.78, 5) is 29.2. The molecule has 0 fully saturated rings. The minimum atomic E-state index is -0.689. The first-order valence-electron chi connectivity index (χ1n) is 13.4. The van der Waals surface area contributed by atoms with Crippen molar-refractivity contribution >= 4 is 11.8 Å². The number of carbonyl (C=O) groups is 2. The monoisotopic (exact) mass is 532 g/mol. The van der Waals surface area contributed by atoms with Crippen molar-refractivity contribution < 1.29 is 23.8 Å². The minimum absolute atomic E-state index is 0.119. The molecule has 0 saturated heterocycles. The Labute approximate surface area is 232 Å². The highest BCUT2D eigenvalue weighted by atomic mass is 16.5. The van der Waals surface area contributed by atoms with E-state index < -0.39 is 6.04 Å². The number of nitrogens with one attached hydrogen (secondary N) is 1. The predicted octanol–water partition coefficient (Wildman–Crippen LogP) is 4.82. The van der Waals surface area contributed by atoms with Crippen LogP contribution < -0.4 is 14.8 Å². The first kappa shape index (κ1) is 29.7. The number of hydrogen-bond donors (Lipinski definition) is 1. The van der Waals surface area contributed by atoms with Crippen LogP contribution in [0.1, 0.15) is 37.0 Å². The quantitative estimate of drug-likeness (QED) is 0.284. The summed E-state index contributed by atoms with van der Waals surface area (Å²) >= 11 is 0. The van der Waals surface area contributed by atoms with E-state index in [9.17, 15) is 9.59 Å². The fourth-order valence-corrected chi connectivity index (χ4v) is 4.32. The van der Waals surface area contributed by atoms with Crippen molar-refractivity contribution in [1.29, 1.82) is 0 Å². The summed E-state index contributed by atoms with van der Waals surface area (Å²) < 4.78 is 16.4. The first-order valence-corrected chi connectivity index (χ1v) is 13.4. The van der Waals surface area contributed by atoms with E-state index >= 15 is 0 Å². The minimum Gasteiger partial charge on any atom is -0.493 e. The second kappa shape index (κ2) is 15.5. The summed E-state index contributed by atoms with van der Waals surface area (Å²) in [6.45, 7) is 5.32. The maximum Gasteiger partial charge on any atom is 0.243 e. The van der Waals surface area contributed by atoms with Gasteiger partial charge in [0.15, 0.2) is 11.5 Å². The Morgan fingerprint density at radius 2 is 1.46 bits per heavy atom. The summed E-state index contributed by atoms with van der Waals surface area (Å²) in [5, 5.41) is 3.05. The number of benzene rings is 3. The molecule has 1 unspecified atom stereocenters. The third-order valence-corrected chi connectivity index (χ3v) is 6.34. The molecule has 7 heteroatoms. The number of nitrogens with zero attached hydrogens (tertiary/aromatic N) is 1. The smallest absolute Gasteiger partial charge is 0.243 e. The Morgan fingerprint density at radius 3 is 2.08 bits per heavy atom. The highest BCUT2D eigenvalue weighted by Crippen LogP contribution is 2.28. The SMILES string of the molecule is COc1ccc(CC(=O)N(Cc2ccccc2)C(Cc2ccccc2)C(=O)NCCCOC(C)C)cc1OC. The number of methoxy groups -OCH3 is 2. The van der Waals surface area contributed by atoms with Crippen molar-refractivity contribution in [2.24, 2.45) is 0 Å². The molecule has 0 aliphatic heterocycles. The lowest BCUT2D eigenvalue weighted by atomic mass is 10.0. The molecule has 3 aromatic rings. The molecule has 0 aliphatic carbocycles. The zero-order valence-corrected chi connectivity index (χ0v) is 23.4. The molecule has 3 aromatic carbocycles. The summed E-state index contributed by atoms with van der Waals surface area (Å²) in [7, 11) is 3.14. The van der Waals surface area contributed by atoms with Gasteiger partial charge < -0.3 is 24.4 Å². The van der Waals surface area contributed by atoms with Crippen LogP contribution in [0, 0.1) is 0 Å². The Morgan fingerprint density at radius 1 is 0.821 bits per heavy atom. The van der Waals surface area contributed by atoms with Gasteiger partial charge >= 0.3 is 0 Å². The normalized spacial score (nSPS) is 11.6. The second-order valence-electron chi connectivity index (χ2n) is 9.64. The first-order chi connectivity index (χ1) is 18.9. The van der Waals surface area contributed by atoms with Gasteiger partial charge in [0.2, 0.25) is 11.8 Å². The molecule has 39 heavy (non-hydrogen) atoms. The van der Waals surface area contributed by atoms with Crippen molar-refractivity contribution in [2.45, 2.75) is 51.8 Å². The zero-order valence-electron chi connectivity index (χ0n) is 23.4. The summed E-state index contributed by atoms with van der Waals surface area (Å²) in [5.41, 5.74) is 2.72. The Kier molecular flexibility index (Phi) is 11.8. The van der Waals surface area contributed by atoms with Gasteiger partial charge in [-0.3, -0.25) is 9.59 Å².